The Morgan fingerprint density at radius 3 is 2.65 bits per heavy atom. The SMILES string of the molecule is O=C(O)CCSCc1cc(=O)oc2cc(O)c3ccccc3c12. The molecule has 0 aliphatic rings. The summed E-state index contributed by atoms with van der Waals surface area (Å²) in [6.45, 7) is 0. The van der Waals surface area contributed by atoms with E-state index in [1.807, 2.05) is 18.2 Å². The van der Waals surface area contributed by atoms with Crippen molar-refractivity contribution in [3.63, 3.8) is 0 Å². The molecule has 118 valence electrons. The van der Waals surface area contributed by atoms with Crippen LogP contribution in [0.15, 0.2) is 45.6 Å². The molecule has 0 spiro atoms. The quantitative estimate of drug-likeness (QED) is 0.424. The molecule has 6 heteroatoms. The summed E-state index contributed by atoms with van der Waals surface area (Å²) in [7, 11) is 0. The number of hydrogen-bond acceptors (Lipinski definition) is 5. The van der Waals surface area contributed by atoms with Crippen LogP contribution < -0.4 is 5.63 Å². The number of rotatable bonds is 5. The van der Waals surface area contributed by atoms with Crippen LogP contribution in [0.3, 0.4) is 0 Å². The summed E-state index contributed by atoms with van der Waals surface area (Å²) >= 11 is 1.45. The third kappa shape index (κ3) is 3.17. The molecule has 0 aliphatic heterocycles. The number of phenols is 1. The Balaban J connectivity index is 2.11. The number of phenolic OH excluding ortho intramolecular Hbond substituents is 1. The van der Waals surface area contributed by atoms with E-state index in [1.165, 1.54) is 23.9 Å². The van der Waals surface area contributed by atoms with E-state index in [-0.39, 0.29) is 12.2 Å². The monoisotopic (exact) mass is 330 g/mol. The molecule has 0 saturated heterocycles. The van der Waals surface area contributed by atoms with Crippen LogP contribution in [0.5, 0.6) is 5.75 Å². The summed E-state index contributed by atoms with van der Waals surface area (Å²) in [4.78, 5) is 22.3. The number of carbonyl (C=O) groups is 1. The van der Waals surface area contributed by atoms with Gasteiger partial charge in [0, 0.05) is 34.4 Å². The molecule has 0 aliphatic carbocycles. The van der Waals surface area contributed by atoms with E-state index in [4.69, 9.17) is 9.52 Å². The Labute approximate surface area is 135 Å². The van der Waals surface area contributed by atoms with Crippen molar-refractivity contribution in [1.29, 1.82) is 0 Å². The highest BCUT2D eigenvalue weighted by atomic mass is 32.2. The first-order valence-corrected chi connectivity index (χ1v) is 8.18. The largest absolute Gasteiger partial charge is 0.507 e. The van der Waals surface area contributed by atoms with Gasteiger partial charge >= 0.3 is 11.6 Å². The van der Waals surface area contributed by atoms with Crippen LogP contribution in [0.25, 0.3) is 21.7 Å². The highest BCUT2D eigenvalue weighted by Crippen LogP contribution is 2.34. The van der Waals surface area contributed by atoms with Gasteiger partial charge in [0.25, 0.3) is 0 Å². The first-order chi connectivity index (χ1) is 11.1. The maximum Gasteiger partial charge on any atom is 0.336 e. The Morgan fingerprint density at radius 2 is 1.91 bits per heavy atom. The van der Waals surface area contributed by atoms with Gasteiger partial charge in [-0.1, -0.05) is 24.3 Å². The van der Waals surface area contributed by atoms with Crippen molar-refractivity contribution in [1.82, 2.24) is 0 Å². The van der Waals surface area contributed by atoms with Gasteiger partial charge in [-0.25, -0.2) is 4.79 Å². The first kappa shape index (κ1) is 15.4. The lowest BCUT2D eigenvalue weighted by Crippen LogP contribution is -2.01. The predicted octanol–water partition coefficient (Wildman–Crippen LogP) is 3.36. The first-order valence-electron chi connectivity index (χ1n) is 7.03. The van der Waals surface area contributed by atoms with Gasteiger partial charge in [0.15, 0.2) is 0 Å². The minimum atomic E-state index is -0.842. The Hall–Kier alpha value is -2.47. The van der Waals surface area contributed by atoms with Gasteiger partial charge in [0.05, 0.1) is 6.42 Å². The van der Waals surface area contributed by atoms with Crippen LogP contribution in [0, 0.1) is 0 Å². The molecule has 0 unspecified atom stereocenters. The van der Waals surface area contributed by atoms with Gasteiger partial charge in [-0.15, -0.1) is 0 Å². The standard InChI is InChI=1S/C17H14O5S/c18-13-8-14-17(12-4-2-1-3-11(12)13)10(7-16(21)22-14)9-23-6-5-15(19)20/h1-4,7-8,18H,5-6,9H2,(H,19,20). The van der Waals surface area contributed by atoms with E-state index in [9.17, 15) is 14.7 Å². The van der Waals surface area contributed by atoms with E-state index in [0.29, 0.717) is 22.5 Å². The summed E-state index contributed by atoms with van der Waals surface area (Å²) in [5, 5.41) is 21.1. The molecule has 0 atom stereocenters. The summed E-state index contributed by atoms with van der Waals surface area (Å²) in [5.74, 6) is 0.189. The van der Waals surface area contributed by atoms with Gasteiger partial charge in [0.2, 0.25) is 0 Å². The molecule has 3 rings (SSSR count). The highest BCUT2D eigenvalue weighted by Gasteiger charge is 2.12. The number of benzene rings is 2. The molecule has 0 radical (unpaired) electrons. The molecular formula is C17H14O5S. The second-order valence-corrected chi connectivity index (χ2v) is 6.21. The van der Waals surface area contributed by atoms with Gasteiger partial charge < -0.3 is 14.6 Å². The van der Waals surface area contributed by atoms with E-state index >= 15 is 0 Å². The third-order valence-corrected chi connectivity index (χ3v) is 4.54. The summed E-state index contributed by atoms with van der Waals surface area (Å²) in [6.07, 6.45) is 0.0750. The fourth-order valence-corrected chi connectivity index (χ4v) is 3.46. The molecule has 0 amide bonds. The lowest BCUT2D eigenvalue weighted by molar-refractivity contribution is -0.136. The average molecular weight is 330 g/mol. The number of aromatic hydroxyl groups is 1. The molecule has 0 saturated carbocycles. The van der Waals surface area contributed by atoms with Crippen molar-refractivity contribution in [2.45, 2.75) is 12.2 Å². The van der Waals surface area contributed by atoms with Crippen molar-refractivity contribution in [2.75, 3.05) is 5.75 Å². The Morgan fingerprint density at radius 1 is 1.17 bits per heavy atom. The molecule has 1 aromatic heterocycles. The molecule has 3 aromatic rings. The van der Waals surface area contributed by atoms with Crippen LogP contribution in [0.2, 0.25) is 0 Å². The van der Waals surface area contributed by atoms with Crippen LogP contribution in [-0.4, -0.2) is 21.9 Å². The summed E-state index contributed by atoms with van der Waals surface area (Å²) in [5.41, 5.74) is 0.631. The van der Waals surface area contributed by atoms with Gasteiger partial charge in [-0.2, -0.15) is 11.8 Å². The van der Waals surface area contributed by atoms with Gasteiger partial charge in [0.1, 0.15) is 11.3 Å². The molecule has 0 bridgehead atoms. The number of hydrogen-bond donors (Lipinski definition) is 2. The van der Waals surface area contributed by atoms with Gasteiger partial charge in [-0.05, 0) is 10.9 Å². The van der Waals surface area contributed by atoms with Crippen LogP contribution in [-0.2, 0) is 10.5 Å². The van der Waals surface area contributed by atoms with Crippen molar-refractivity contribution in [3.05, 3.63) is 52.4 Å². The van der Waals surface area contributed by atoms with Crippen LogP contribution in [0.4, 0.5) is 0 Å². The zero-order valence-corrected chi connectivity index (χ0v) is 12.9. The smallest absolute Gasteiger partial charge is 0.336 e. The number of aliphatic carboxylic acids is 1. The van der Waals surface area contributed by atoms with Crippen molar-refractivity contribution in [2.24, 2.45) is 0 Å². The predicted molar refractivity (Wildman–Crippen MR) is 90.1 cm³/mol. The second-order valence-electron chi connectivity index (χ2n) is 5.10. The Kier molecular flexibility index (Phi) is 4.25. The molecule has 0 fully saturated rings. The van der Waals surface area contributed by atoms with Crippen molar-refractivity contribution < 1.29 is 19.4 Å². The molecule has 2 N–H and O–H groups in total. The van der Waals surface area contributed by atoms with E-state index in [0.717, 1.165) is 16.3 Å². The van der Waals surface area contributed by atoms with Gasteiger partial charge in [-0.3, -0.25) is 4.79 Å². The lowest BCUT2D eigenvalue weighted by Gasteiger charge is -2.09. The third-order valence-electron chi connectivity index (χ3n) is 3.53. The average Bonchev–Trinajstić information content (AvgIpc) is 2.51. The fourth-order valence-electron chi connectivity index (χ4n) is 2.55. The van der Waals surface area contributed by atoms with Crippen molar-refractivity contribution in [3.8, 4) is 5.75 Å². The number of fused-ring (bicyclic) bond motifs is 3. The molecule has 5 nitrogen and oxygen atoms in total. The van der Waals surface area contributed by atoms with Crippen LogP contribution in [0.1, 0.15) is 12.0 Å². The van der Waals surface area contributed by atoms with Crippen LogP contribution >= 0.6 is 11.8 Å². The molecule has 23 heavy (non-hydrogen) atoms. The topological polar surface area (TPSA) is 87.7 Å². The molecule has 1 heterocycles. The maximum atomic E-state index is 11.7. The number of carboxylic acids is 1. The lowest BCUT2D eigenvalue weighted by atomic mass is 10.0. The highest BCUT2D eigenvalue weighted by molar-refractivity contribution is 7.98. The zero-order valence-electron chi connectivity index (χ0n) is 12.1. The van der Waals surface area contributed by atoms with E-state index in [1.54, 1.807) is 6.07 Å². The van der Waals surface area contributed by atoms with Crippen molar-refractivity contribution >= 4 is 39.5 Å². The minimum absolute atomic E-state index is 0.0620. The van der Waals surface area contributed by atoms with E-state index in [2.05, 4.69) is 0 Å². The minimum Gasteiger partial charge on any atom is -0.507 e. The second kappa shape index (κ2) is 6.34. The summed E-state index contributed by atoms with van der Waals surface area (Å²) in [6, 6.07) is 10.2. The molecular weight excluding hydrogens is 316 g/mol. The molecule has 2 aromatic carbocycles. The summed E-state index contributed by atoms with van der Waals surface area (Å²) < 4.78 is 5.22. The zero-order chi connectivity index (χ0) is 16.4. The normalized spacial score (nSPS) is 11.1. The maximum absolute atomic E-state index is 11.7. The number of carboxylic acid groups (broad SMARTS) is 1. The fraction of sp³-hybridized carbons (Fsp3) is 0.176. The Bertz CT molecular complexity index is 945. The number of thioether (sulfide) groups is 1. The van der Waals surface area contributed by atoms with E-state index < -0.39 is 11.6 Å².